The van der Waals surface area contributed by atoms with Crippen LogP contribution in [0.15, 0.2) is 12.4 Å². The van der Waals surface area contributed by atoms with E-state index in [1.807, 2.05) is 0 Å². The van der Waals surface area contributed by atoms with Crippen molar-refractivity contribution in [3.63, 3.8) is 0 Å². The molecular formula is C11H5ClF5N3O. The van der Waals surface area contributed by atoms with Gasteiger partial charge in [0.2, 0.25) is 11.7 Å². The molecule has 0 bridgehead atoms. The van der Waals surface area contributed by atoms with Crippen LogP contribution in [0.5, 0.6) is 0 Å². The summed E-state index contributed by atoms with van der Waals surface area (Å²) in [4.78, 5) is 11.5. The van der Waals surface area contributed by atoms with Gasteiger partial charge in [-0.25, -0.2) is 22.0 Å². The van der Waals surface area contributed by atoms with Crippen LogP contribution in [0.3, 0.4) is 0 Å². The zero-order chi connectivity index (χ0) is 15.7. The van der Waals surface area contributed by atoms with E-state index < -0.39 is 47.2 Å². The van der Waals surface area contributed by atoms with Crippen LogP contribution in [0.4, 0.5) is 27.6 Å². The van der Waals surface area contributed by atoms with Gasteiger partial charge in [0, 0.05) is 6.20 Å². The van der Waals surface area contributed by atoms with Crippen molar-refractivity contribution < 1.29 is 26.7 Å². The van der Waals surface area contributed by atoms with Gasteiger partial charge in [-0.2, -0.15) is 5.10 Å². The van der Waals surface area contributed by atoms with Crippen LogP contribution in [-0.4, -0.2) is 15.7 Å². The number of amides is 1. The van der Waals surface area contributed by atoms with E-state index in [0.29, 0.717) is 0 Å². The molecular weight excluding hydrogens is 321 g/mol. The third-order valence-electron chi connectivity index (χ3n) is 2.38. The van der Waals surface area contributed by atoms with Gasteiger partial charge in [-0.1, -0.05) is 11.6 Å². The van der Waals surface area contributed by atoms with Crippen molar-refractivity contribution in [2.24, 2.45) is 0 Å². The number of hydrogen-bond acceptors (Lipinski definition) is 2. The minimum atomic E-state index is -2.30. The lowest BCUT2D eigenvalue weighted by Crippen LogP contribution is -2.21. The van der Waals surface area contributed by atoms with Crippen molar-refractivity contribution in [1.29, 1.82) is 0 Å². The van der Waals surface area contributed by atoms with Crippen molar-refractivity contribution >= 4 is 23.2 Å². The van der Waals surface area contributed by atoms with E-state index in [2.05, 4.69) is 5.10 Å². The molecule has 1 N–H and O–H groups in total. The quantitative estimate of drug-likeness (QED) is 0.536. The third kappa shape index (κ3) is 2.97. The molecule has 1 amide bonds. The number of halogens is 6. The molecule has 0 radical (unpaired) electrons. The maximum absolute atomic E-state index is 13.3. The normalized spacial score (nSPS) is 10.8. The average Bonchev–Trinajstić information content (AvgIpc) is 2.84. The van der Waals surface area contributed by atoms with Crippen LogP contribution in [0.25, 0.3) is 0 Å². The number of anilines is 1. The molecule has 0 aliphatic carbocycles. The minimum Gasteiger partial charge on any atom is -0.319 e. The van der Waals surface area contributed by atoms with Crippen molar-refractivity contribution in [2.45, 2.75) is 6.54 Å². The molecule has 0 aliphatic rings. The highest BCUT2D eigenvalue weighted by atomic mass is 35.5. The molecule has 1 aromatic heterocycles. The summed E-state index contributed by atoms with van der Waals surface area (Å²) in [6.07, 6.45) is 2.44. The second kappa shape index (κ2) is 5.68. The SMILES string of the molecule is O=C(Cn1cc(Cl)cn1)Nc1c(F)c(F)c(F)c(F)c1F. The highest BCUT2D eigenvalue weighted by Crippen LogP contribution is 2.27. The fraction of sp³-hybridized carbons (Fsp3) is 0.0909. The van der Waals surface area contributed by atoms with Gasteiger partial charge in [-0.05, 0) is 0 Å². The van der Waals surface area contributed by atoms with E-state index in [1.54, 1.807) is 5.32 Å². The van der Waals surface area contributed by atoms with Crippen LogP contribution < -0.4 is 5.32 Å². The Kier molecular flexibility index (Phi) is 4.12. The van der Waals surface area contributed by atoms with E-state index in [0.717, 1.165) is 4.68 Å². The predicted octanol–water partition coefficient (Wildman–Crippen LogP) is 2.87. The van der Waals surface area contributed by atoms with Crippen molar-refractivity contribution in [1.82, 2.24) is 9.78 Å². The highest BCUT2D eigenvalue weighted by Gasteiger charge is 2.26. The highest BCUT2D eigenvalue weighted by molar-refractivity contribution is 6.30. The fourth-order valence-electron chi connectivity index (χ4n) is 1.47. The summed E-state index contributed by atoms with van der Waals surface area (Å²) in [7, 11) is 0. The Labute approximate surface area is 119 Å². The Morgan fingerprint density at radius 2 is 1.62 bits per heavy atom. The van der Waals surface area contributed by atoms with Crippen LogP contribution in [0.2, 0.25) is 5.02 Å². The van der Waals surface area contributed by atoms with Gasteiger partial charge in [0.1, 0.15) is 12.2 Å². The molecule has 1 aromatic carbocycles. The number of nitrogens with zero attached hydrogens (tertiary/aromatic N) is 2. The van der Waals surface area contributed by atoms with Gasteiger partial charge in [0.15, 0.2) is 23.3 Å². The molecule has 0 aliphatic heterocycles. The summed E-state index contributed by atoms with van der Waals surface area (Å²) >= 11 is 5.54. The standard InChI is InChI=1S/C11H5ClF5N3O/c12-4-1-18-20(2-4)3-5(21)19-11-9(16)7(14)6(13)8(15)10(11)17/h1-2H,3H2,(H,19,21). The van der Waals surface area contributed by atoms with E-state index in [4.69, 9.17) is 11.6 Å². The zero-order valence-corrected chi connectivity index (χ0v) is 10.7. The first-order valence-electron chi connectivity index (χ1n) is 5.30. The monoisotopic (exact) mass is 325 g/mol. The van der Waals surface area contributed by atoms with Gasteiger partial charge in [0.25, 0.3) is 0 Å². The van der Waals surface area contributed by atoms with Crippen LogP contribution in [0.1, 0.15) is 0 Å². The zero-order valence-electron chi connectivity index (χ0n) is 9.93. The second-order valence-electron chi connectivity index (χ2n) is 3.85. The number of rotatable bonds is 3. The number of carbonyl (C=O) groups is 1. The first-order valence-corrected chi connectivity index (χ1v) is 5.68. The van der Waals surface area contributed by atoms with Crippen LogP contribution in [-0.2, 0) is 11.3 Å². The molecule has 0 spiro atoms. The summed E-state index contributed by atoms with van der Waals surface area (Å²) < 4.78 is 66.4. The topological polar surface area (TPSA) is 46.9 Å². The molecule has 0 saturated heterocycles. The van der Waals surface area contributed by atoms with E-state index >= 15 is 0 Å². The first kappa shape index (κ1) is 15.2. The maximum Gasteiger partial charge on any atom is 0.246 e. The number of aromatic nitrogens is 2. The van der Waals surface area contributed by atoms with E-state index in [-0.39, 0.29) is 5.02 Å². The molecule has 0 fully saturated rings. The lowest BCUT2D eigenvalue weighted by Gasteiger charge is -2.09. The fourth-order valence-corrected chi connectivity index (χ4v) is 1.62. The molecule has 10 heteroatoms. The number of carbonyl (C=O) groups excluding carboxylic acids is 1. The number of benzene rings is 1. The summed E-state index contributed by atoms with van der Waals surface area (Å²) in [5.74, 6) is -11.9. The molecule has 2 rings (SSSR count). The minimum absolute atomic E-state index is 0.207. The average molecular weight is 326 g/mol. The molecule has 0 unspecified atom stereocenters. The molecule has 21 heavy (non-hydrogen) atoms. The Balaban J connectivity index is 2.25. The van der Waals surface area contributed by atoms with Gasteiger partial charge < -0.3 is 5.32 Å². The molecule has 2 aromatic rings. The Hall–Kier alpha value is -2.16. The molecule has 1 heterocycles. The largest absolute Gasteiger partial charge is 0.319 e. The van der Waals surface area contributed by atoms with Gasteiger partial charge in [-0.15, -0.1) is 0 Å². The number of hydrogen-bond donors (Lipinski definition) is 1. The van der Waals surface area contributed by atoms with E-state index in [9.17, 15) is 26.7 Å². The summed E-state index contributed by atoms with van der Waals surface area (Å²) in [5, 5.41) is 5.43. The van der Waals surface area contributed by atoms with Crippen molar-refractivity contribution in [3.05, 3.63) is 46.5 Å². The predicted molar refractivity (Wildman–Crippen MR) is 62.1 cm³/mol. The van der Waals surface area contributed by atoms with Gasteiger partial charge in [0.05, 0.1) is 11.2 Å². The maximum atomic E-state index is 13.3. The number of nitrogens with one attached hydrogen (secondary N) is 1. The molecule has 0 saturated carbocycles. The first-order chi connectivity index (χ1) is 9.81. The lowest BCUT2D eigenvalue weighted by molar-refractivity contribution is -0.117. The Morgan fingerprint density at radius 3 is 2.10 bits per heavy atom. The van der Waals surface area contributed by atoms with E-state index in [1.165, 1.54) is 12.4 Å². The van der Waals surface area contributed by atoms with Crippen molar-refractivity contribution in [3.8, 4) is 0 Å². The van der Waals surface area contributed by atoms with Gasteiger partial charge >= 0.3 is 0 Å². The molecule has 4 nitrogen and oxygen atoms in total. The lowest BCUT2D eigenvalue weighted by atomic mass is 10.2. The van der Waals surface area contributed by atoms with Crippen molar-refractivity contribution in [2.75, 3.05) is 5.32 Å². The Bertz CT molecular complexity index is 689. The smallest absolute Gasteiger partial charge is 0.246 e. The summed E-state index contributed by atoms with van der Waals surface area (Å²) in [6, 6.07) is 0. The van der Waals surface area contributed by atoms with Gasteiger partial charge in [-0.3, -0.25) is 9.48 Å². The summed E-state index contributed by atoms with van der Waals surface area (Å²) in [6.45, 7) is -0.522. The second-order valence-corrected chi connectivity index (χ2v) is 4.29. The third-order valence-corrected chi connectivity index (χ3v) is 2.58. The molecule has 0 atom stereocenters. The van der Waals surface area contributed by atoms with Crippen LogP contribution >= 0.6 is 11.6 Å². The summed E-state index contributed by atoms with van der Waals surface area (Å²) in [5.41, 5.74) is -1.42. The van der Waals surface area contributed by atoms with Crippen LogP contribution in [0, 0.1) is 29.1 Å². The molecule has 112 valence electrons. The Morgan fingerprint density at radius 1 is 1.10 bits per heavy atom.